The summed E-state index contributed by atoms with van der Waals surface area (Å²) in [6.45, 7) is 3.75. The summed E-state index contributed by atoms with van der Waals surface area (Å²) in [5.41, 5.74) is 5.69. The molecule has 0 atom stereocenters. The lowest BCUT2D eigenvalue weighted by Gasteiger charge is -2.33. The predicted octanol–water partition coefficient (Wildman–Crippen LogP) is 1.48. The van der Waals surface area contributed by atoms with E-state index in [9.17, 15) is 4.79 Å². The van der Waals surface area contributed by atoms with Crippen molar-refractivity contribution in [2.75, 3.05) is 0 Å². The molecule has 2 heteroatoms. The minimum absolute atomic E-state index is 0.0597. The summed E-state index contributed by atoms with van der Waals surface area (Å²) < 4.78 is 0. The van der Waals surface area contributed by atoms with Gasteiger partial charge in [0.15, 0.2) is 0 Å². The minimum Gasteiger partial charge on any atom is -0.328 e. The molecule has 2 nitrogen and oxygen atoms in total. The fraction of sp³-hybridized carbons (Fsp3) is 0.889. The maximum atomic E-state index is 11.2. The highest BCUT2D eigenvalue weighted by Gasteiger charge is 2.33. The van der Waals surface area contributed by atoms with E-state index >= 15 is 0 Å². The zero-order valence-electron chi connectivity index (χ0n) is 7.39. The molecule has 11 heavy (non-hydrogen) atoms. The zero-order valence-corrected chi connectivity index (χ0v) is 7.39. The van der Waals surface area contributed by atoms with Crippen LogP contribution in [0.4, 0.5) is 0 Å². The van der Waals surface area contributed by atoms with E-state index in [0.717, 1.165) is 25.7 Å². The molecule has 1 aliphatic rings. The highest BCUT2D eigenvalue weighted by molar-refractivity contribution is 5.81. The van der Waals surface area contributed by atoms with E-state index in [1.807, 2.05) is 0 Å². The second-order valence-electron chi connectivity index (χ2n) is 3.95. The highest BCUT2D eigenvalue weighted by atomic mass is 16.1. The number of carbonyl (C=O) groups is 1. The average Bonchev–Trinajstić information content (AvgIpc) is 1.95. The molecule has 0 aliphatic heterocycles. The molecule has 0 heterocycles. The molecule has 0 amide bonds. The summed E-state index contributed by atoms with van der Waals surface area (Å²) in [6, 6.07) is 0.336. The summed E-state index contributed by atoms with van der Waals surface area (Å²) in [5, 5.41) is 0. The van der Waals surface area contributed by atoms with Crippen molar-refractivity contribution in [3.8, 4) is 0 Å². The molecule has 0 aromatic heterocycles. The quantitative estimate of drug-likeness (QED) is 0.623. The normalized spacial score (nSPS) is 38.6. The van der Waals surface area contributed by atoms with Gasteiger partial charge in [-0.1, -0.05) is 6.92 Å². The Hall–Kier alpha value is -0.370. The second-order valence-corrected chi connectivity index (χ2v) is 3.95. The molecule has 64 valence electrons. The van der Waals surface area contributed by atoms with Gasteiger partial charge < -0.3 is 5.73 Å². The van der Waals surface area contributed by atoms with Crippen LogP contribution >= 0.6 is 0 Å². The largest absolute Gasteiger partial charge is 0.328 e. The third-order valence-electron chi connectivity index (χ3n) is 2.98. The van der Waals surface area contributed by atoms with Gasteiger partial charge in [0.1, 0.15) is 5.78 Å². The van der Waals surface area contributed by atoms with Gasteiger partial charge in [-0.05, 0) is 32.6 Å². The first-order valence-corrected chi connectivity index (χ1v) is 4.31. The van der Waals surface area contributed by atoms with Crippen LogP contribution in [0.1, 0.15) is 39.5 Å². The van der Waals surface area contributed by atoms with Crippen LogP contribution in [0.25, 0.3) is 0 Å². The molecule has 0 bridgehead atoms. The Bertz CT molecular complexity index is 157. The van der Waals surface area contributed by atoms with Gasteiger partial charge in [0.2, 0.25) is 0 Å². The molecular formula is C9H17NO. The summed E-state index contributed by atoms with van der Waals surface area (Å²) in [6.07, 6.45) is 3.97. The van der Waals surface area contributed by atoms with E-state index in [1.54, 1.807) is 6.92 Å². The second kappa shape index (κ2) is 2.94. The number of hydrogen-bond acceptors (Lipinski definition) is 2. The number of rotatable bonds is 1. The van der Waals surface area contributed by atoms with Gasteiger partial charge in [-0.2, -0.15) is 0 Å². The number of ketones is 1. The lowest BCUT2D eigenvalue weighted by Crippen LogP contribution is -2.36. The minimum atomic E-state index is -0.0597. The third-order valence-corrected chi connectivity index (χ3v) is 2.98. The predicted molar refractivity (Wildman–Crippen MR) is 45.2 cm³/mol. The SMILES string of the molecule is CC(=O)C1(C)CCC(N)CC1. The van der Waals surface area contributed by atoms with Gasteiger partial charge in [0.05, 0.1) is 0 Å². The van der Waals surface area contributed by atoms with Crippen LogP contribution in [0.15, 0.2) is 0 Å². The molecule has 0 saturated heterocycles. The lowest BCUT2D eigenvalue weighted by atomic mass is 9.72. The van der Waals surface area contributed by atoms with Crippen molar-refractivity contribution in [1.82, 2.24) is 0 Å². The average molecular weight is 155 g/mol. The third kappa shape index (κ3) is 1.80. The van der Waals surface area contributed by atoms with Crippen molar-refractivity contribution in [2.24, 2.45) is 11.1 Å². The molecule has 0 unspecified atom stereocenters. The van der Waals surface area contributed by atoms with E-state index in [1.165, 1.54) is 0 Å². The van der Waals surface area contributed by atoms with Crippen molar-refractivity contribution in [2.45, 2.75) is 45.6 Å². The molecule has 1 saturated carbocycles. The van der Waals surface area contributed by atoms with Crippen LogP contribution in [-0.2, 0) is 4.79 Å². The maximum Gasteiger partial charge on any atom is 0.135 e. The first-order chi connectivity index (χ1) is 5.04. The van der Waals surface area contributed by atoms with Crippen LogP contribution in [0, 0.1) is 5.41 Å². The van der Waals surface area contributed by atoms with E-state index in [4.69, 9.17) is 5.73 Å². The van der Waals surface area contributed by atoms with Crippen LogP contribution in [0.3, 0.4) is 0 Å². The Labute approximate surface area is 68.2 Å². The van der Waals surface area contributed by atoms with Gasteiger partial charge in [-0.15, -0.1) is 0 Å². The van der Waals surface area contributed by atoms with Crippen LogP contribution in [0.5, 0.6) is 0 Å². The van der Waals surface area contributed by atoms with Gasteiger partial charge in [0, 0.05) is 11.5 Å². The van der Waals surface area contributed by atoms with E-state index < -0.39 is 0 Å². The maximum absolute atomic E-state index is 11.2. The molecule has 0 aromatic carbocycles. The monoisotopic (exact) mass is 155 g/mol. The standard InChI is InChI=1S/C9H17NO/c1-7(11)9(2)5-3-8(10)4-6-9/h8H,3-6,10H2,1-2H3. The molecule has 0 aromatic rings. The summed E-state index contributed by atoms with van der Waals surface area (Å²) in [5.74, 6) is 0.324. The Morgan fingerprint density at radius 1 is 1.45 bits per heavy atom. The summed E-state index contributed by atoms with van der Waals surface area (Å²) in [7, 11) is 0. The number of hydrogen-bond donors (Lipinski definition) is 1. The van der Waals surface area contributed by atoms with Gasteiger partial charge >= 0.3 is 0 Å². The molecule has 1 fully saturated rings. The molecule has 1 aliphatic carbocycles. The van der Waals surface area contributed by atoms with E-state index in [-0.39, 0.29) is 5.41 Å². The van der Waals surface area contributed by atoms with Gasteiger partial charge in [-0.25, -0.2) is 0 Å². The molecule has 1 rings (SSSR count). The number of carbonyl (C=O) groups excluding carboxylic acids is 1. The molecule has 2 N–H and O–H groups in total. The molecule has 0 spiro atoms. The van der Waals surface area contributed by atoms with Crippen molar-refractivity contribution in [3.05, 3.63) is 0 Å². The van der Waals surface area contributed by atoms with Gasteiger partial charge in [-0.3, -0.25) is 4.79 Å². The number of nitrogens with two attached hydrogens (primary N) is 1. The zero-order chi connectivity index (χ0) is 8.48. The summed E-state index contributed by atoms with van der Waals surface area (Å²) >= 11 is 0. The van der Waals surface area contributed by atoms with Crippen molar-refractivity contribution < 1.29 is 4.79 Å². The fourth-order valence-electron chi connectivity index (χ4n) is 1.63. The Kier molecular flexibility index (Phi) is 2.33. The Balaban J connectivity index is 2.55. The molecule has 0 radical (unpaired) electrons. The topological polar surface area (TPSA) is 43.1 Å². The van der Waals surface area contributed by atoms with E-state index in [2.05, 4.69) is 6.92 Å². The van der Waals surface area contributed by atoms with Crippen LogP contribution < -0.4 is 5.73 Å². The highest BCUT2D eigenvalue weighted by Crippen LogP contribution is 2.35. The van der Waals surface area contributed by atoms with Crippen LogP contribution in [-0.4, -0.2) is 11.8 Å². The first-order valence-electron chi connectivity index (χ1n) is 4.31. The molecular weight excluding hydrogens is 138 g/mol. The van der Waals surface area contributed by atoms with Crippen LogP contribution in [0.2, 0.25) is 0 Å². The number of Topliss-reactive ketones (excluding diaryl/α,β-unsaturated/α-hetero) is 1. The summed E-state index contributed by atoms with van der Waals surface area (Å²) in [4.78, 5) is 11.2. The smallest absolute Gasteiger partial charge is 0.135 e. The van der Waals surface area contributed by atoms with Crippen molar-refractivity contribution in [1.29, 1.82) is 0 Å². The van der Waals surface area contributed by atoms with Gasteiger partial charge in [0.25, 0.3) is 0 Å². The van der Waals surface area contributed by atoms with Crippen molar-refractivity contribution in [3.63, 3.8) is 0 Å². The Morgan fingerprint density at radius 2 is 1.91 bits per heavy atom. The van der Waals surface area contributed by atoms with E-state index in [0.29, 0.717) is 11.8 Å². The lowest BCUT2D eigenvalue weighted by molar-refractivity contribution is -0.127. The fourth-order valence-corrected chi connectivity index (χ4v) is 1.63. The Morgan fingerprint density at radius 3 is 2.27 bits per heavy atom. The first kappa shape index (κ1) is 8.72. The van der Waals surface area contributed by atoms with Crippen molar-refractivity contribution >= 4 is 5.78 Å².